The van der Waals surface area contributed by atoms with E-state index in [1.165, 1.54) is 12.8 Å². The van der Waals surface area contributed by atoms with E-state index >= 15 is 0 Å². The molecule has 4 heteroatoms. The third-order valence-corrected chi connectivity index (χ3v) is 2.73. The molecule has 0 unspecified atom stereocenters. The van der Waals surface area contributed by atoms with Crippen molar-refractivity contribution < 1.29 is 9.90 Å². The summed E-state index contributed by atoms with van der Waals surface area (Å²) in [5.41, 5.74) is 0.879. The monoisotopic (exact) mass is 206 g/mol. The van der Waals surface area contributed by atoms with Crippen LogP contribution in [0, 0.1) is 6.92 Å². The Morgan fingerprint density at radius 3 is 2.60 bits per heavy atom. The van der Waals surface area contributed by atoms with E-state index in [-0.39, 0.29) is 5.56 Å². The van der Waals surface area contributed by atoms with Gasteiger partial charge in [0.1, 0.15) is 5.82 Å². The van der Waals surface area contributed by atoms with Crippen molar-refractivity contribution in [3.8, 4) is 0 Å². The molecule has 1 aromatic rings. The van der Waals surface area contributed by atoms with Crippen LogP contribution in [0.4, 0.5) is 5.82 Å². The molecule has 15 heavy (non-hydrogen) atoms. The van der Waals surface area contributed by atoms with Gasteiger partial charge in [0.25, 0.3) is 0 Å². The Morgan fingerprint density at radius 2 is 2.07 bits per heavy atom. The number of carboxylic acid groups (broad SMARTS) is 1. The smallest absolute Gasteiger partial charge is 0.337 e. The number of anilines is 1. The SMILES string of the molecule is Cc1nc(N2CCCC2)ccc1C(=O)O. The molecule has 0 aliphatic carbocycles. The van der Waals surface area contributed by atoms with Crippen LogP contribution < -0.4 is 4.90 Å². The zero-order valence-corrected chi connectivity index (χ0v) is 8.73. The third kappa shape index (κ3) is 1.93. The Morgan fingerprint density at radius 1 is 1.40 bits per heavy atom. The van der Waals surface area contributed by atoms with Crippen LogP contribution in [0.15, 0.2) is 12.1 Å². The first-order valence-electron chi connectivity index (χ1n) is 5.14. The zero-order valence-electron chi connectivity index (χ0n) is 8.73. The van der Waals surface area contributed by atoms with Gasteiger partial charge in [-0.3, -0.25) is 0 Å². The van der Waals surface area contributed by atoms with Gasteiger partial charge in [0.05, 0.1) is 11.3 Å². The van der Waals surface area contributed by atoms with Crippen LogP contribution in [0.3, 0.4) is 0 Å². The minimum absolute atomic E-state index is 0.290. The molecule has 0 amide bonds. The fourth-order valence-electron chi connectivity index (χ4n) is 1.90. The van der Waals surface area contributed by atoms with Gasteiger partial charge in [-0.25, -0.2) is 9.78 Å². The summed E-state index contributed by atoms with van der Waals surface area (Å²) in [4.78, 5) is 17.3. The van der Waals surface area contributed by atoms with E-state index in [1.54, 1.807) is 19.1 Å². The number of carbonyl (C=O) groups is 1. The number of hydrogen-bond acceptors (Lipinski definition) is 3. The maximum atomic E-state index is 10.8. The summed E-state index contributed by atoms with van der Waals surface area (Å²) >= 11 is 0. The number of pyridine rings is 1. The van der Waals surface area contributed by atoms with Crippen LogP contribution in [0.2, 0.25) is 0 Å². The van der Waals surface area contributed by atoms with Crippen molar-refractivity contribution in [2.75, 3.05) is 18.0 Å². The average molecular weight is 206 g/mol. The van der Waals surface area contributed by atoms with Crippen molar-refractivity contribution in [1.82, 2.24) is 4.98 Å². The molecule has 2 heterocycles. The number of aryl methyl sites for hydroxylation is 1. The van der Waals surface area contributed by atoms with Crippen molar-refractivity contribution in [2.45, 2.75) is 19.8 Å². The van der Waals surface area contributed by atoms with E-state index in [9.17, 15) is 4.79 Å². The molecule has 1 aromatic heterocycles. The van der Waals surface area contributed by atoms with E-state index < -0.39 is 5.97 Å². The molecule has 2 rings (SSSR count). The lowest BCUT2D eigenvalue weighted by Crippen LogP contribution is -2.19. The Kier molecular flexibility index (Phi) is 2.58. The van der Waals surface area contributed by atoms with Gasteiger partial charge in [0, 0.05) is 13.1 Å². The second-order valence-corrected chi connectivity index (χ2v) is 3.80. The Bertz CT molecular complexity index is 384. The van der Waals surface area contributed by atoms with Gasteiger partial charge in [-0.2, -0.15) is 0 Å². The molecule has 4 nitrogen and oxygen atoms in total. The van der Waals surface area contributed by atoms with Crippen molar-refractivity contribution in [3.63, 3.8) is 0 Å². The normalized spacial score (nSPS) is 15.7. The molecule has 0 bridgehead atoms. The minimum atomic E-state index is -0.909. The van der Waals surface area contributed by atoms with Crippen LogP contribution in [-0.4, -0.2) is 29.1 Å². The van der Waals surface area contributed by atoms with Crippen molar-refractivity contribution >= 4 is 11.8 Å². The molecule has 0 aromatic carbocycles. The summed E-state index contributed by atoms with van der Waals surface area (Å²) in [5.74, 6) is -0.0111. The summed E-state index contributed by atoms with van der Waals surface area (Å²) in [5, 5.41) is 8.87. The number of aromatic nitrogens is 1. The van der Waals surface area contributed by atoms with E-state index in [2.05, 4.69) is 9.88 Å². The largest absolute Gasteiger partial charge is 0.478 e. The predicted molar refractivity (Wildman–Crippen MR) is 57.4 cm³/mol. The van der Waals surface area contributed by atoms with Crippen molar-refractivity contribution in [3.05, 3.63) is 23.4 Å². The van der Waals surface area contributed by atoms with Crippen LogP contribution >= 0.6 is 0 Å². The Hall–Kier alpha value is -1.58. The summed E-state index contributed by atoms with van der Waals surface area (Å²) in [6, 6.07) is 3.43. The van der Waals surface area contributed by atoms with Crippen LogP contribution in [0.5, 0.6) is 0 Å². The zero-order chi connectivity index (χ0) is 10.8. The molecule has 1 N–H and O–H groups in total. The Balaban J connectivity index is 2.28. The minimum Gasteiger partial charge on any atom is -0.478 e. The van der Waals surface area contributed by atoms with Gasteiger partial charge in [-0.15, -0.1) is 0 Å². The van der Waals surface area contributed by atoms with E-state index in [4.69, 9.17) is 5.11 Å². The number of hydrogen-bond donors (Lipinski definition) is 1. The van der Waals surface area contributed by atoms with Crippen molar-refractivity contribution in [1.29, 1.82) is 0 Å². The van der Waals surface area contributed by atoms with Gasteiger partial charge in [0.15, 0.2) is 0 Å². The lowest BCUT2D eigenvalue weighted by atomic mass is 10.2. The summed E-state index contributed by atoms with van der Waals surface area (Å²) in [6.45, 7) is 3.79. The molecule has 1 aliphatic rings. The summed E-state index contributed by atoms with van der Waals surface area (Å²) in [6.07, 6.45) is 2.39. The number of aromatic carboxylic acids is 1. The molecular formula is C11H14N2O2. The quantitative estimate of drug-likeness (QED) is 0.800. The van der Waals surface area contributed by atoms with Gasteiger partial charge in [-0.1, -0.05) is 0 Å². The molecule has 1 aliphatic heterocycles. The van der Waals surface area contributed by atoms with Crippen LogP contribution in [-0.2, 0) is 0 Å². The second kappa shape index (κ2) is 3.88. The Labute approximate surface area is 88.6 Å². The first-order chi connectivity index (χ1) is 7.18. The maximum absolute atomic E-state index is 10.8. The van der Waals surface area contributed by atoms with Crippen molar-refractivity contribution in [2.24, 2.45) is 0 Å². The standard InChI is InChI=1S/C11H14N2O2/c1-8-9(11(14)15)4-5-10(12-8)13-6-2-3-7-13/h4-5H,2-3,6-7H2,1H3,(H,14,15). The fraction of sp³-hybridized carbons (Fsp3) is 0.455. The molecule has 0 atom stereocenters. The first-order valence-corrected chi connectivity index (χ1v) is 5.14. The highest BCUT2D eigenvalue weighted by atomic mass is 16.4. The lowest BCUT2D eigenvalue weighted by Gasteiger charge is -2.16. The highest BCUT2D eigenvalue weighted by Crippen LogP contribution is 2.19. The number of nitrogens with zero attached hydrogens (tertiary/aromatic N) is 2. The molecule has 0 saturated carbocycles. The highest BCUT2D eigenvalue weighted by Gasteiger charge is 2.15. The van der Waals surface area contributed by atoms with E-state index in [0.717, 1.165) is 18.9 Å². The third-order valence-electron chi connectivity index (χ3n) is 2.73. The maximum Gasteiger partial charge on any atom is 0.337 e. The average Bonchev–Trinajstić information content (AvgIpc) is 2.69. The summed E-state index contributed by atoms with van der Waals surface area (Å²) < 4.78 is 0. The molecule has 0 spiro atoms. The van der Waals surface area contributed by atoms with Gasteiger partial charge in [-0.05, 0) is 31.9 Å². The topological polar surface area (TPSA) is 53.4 Å². The molecule has 1 saturated heterocycles. The van der Waals surface area contributed by atoms with E-state index in [1.807, 2.05) is 0 Å². The van der Waals surface area contributed by atoms with Gasteiger partial charge in [0.2, 0.25) is 0 Å². The van der Waals surface area contributed by atoms with Crippen LogP contribution in [0.1, 0.15) is 28.9 Å². The number of rotatable bonds is 2. The van der Waals surface area contributed by atoms with Crippen LogP contribution in [0.25, 0.3) is 0 Å². The van der Waals surface area contributed by atoms with Gasteiger partial charge < -0.3 is 10.0 Å². The molecular weight excluding hydrogens is 192 g/mol. The molecule has 0 radical (unpaired) electrons. The van der Waals surface area contributed by atoms with Gasteiger partial charge >= 0.3 is 5.97 Å². The summed E-state index contributed by atoms with van der Waals surface area (Å²) in [7, 11) is 0. The second-order valence-electron chi connectivity index (χ2n) is 3.80. The first kappa shape index (κ1) is 9.96. The fourth-order valence-corrected chi connectivity index (χ4v) is 1.90. The highest BCUT2D eigenvalue weighted by molar-refractivity contribution is 5.89. The lowest BCUT2D eigenvalue weighted by molar-refractivity contribution is 0.0695. The molecule has 80 valence electrons. The van der Waals surface area contributed by atoms with E-state index in [0.29, 0.717) is 5.69 Å². The molecule has 1 fully saturated rings. The predicted octanol–water partition coefficient (Wildman–Crippen LogP) is 1.69. The number of carboxylic acids is 1.